The summed E-state index contributed by atoms with van der Waals surface area (Å²) in [6, 6.07) is 5.98. The van der Waals surface area contributed by atoms with E-state index in [9.17, 15) is 9.59 Å². The smallest absolute Gasteiger partial charge is 0.335 e. The van der Waals surface area contributed by atoms with Crippen molar-refractivity contribution in [2.75, 3.05) is 5.32 Å². The largest absolute Gasteiger partial charge is 0.478 e. The van der Waals surface area contributed by atoms with Gasteiger partial charge in [-0.2, -0.15) is 0 Å². The number of carboxylic acids is 1. The molecule has 0 atom stereocenters. The number of hydrogen-bond donors (Lipinski definition) is 2. The van der Waals surface area contributed by atoms with Crippen molar-refractivity contribution in [3.8, 4) is 0 Å². The first-order chi connectivity index (χ1) is 9.92. The summed E-state index contributed by atoms with van der Waals surface area (Å²) in [6.07, 6.45) is 1.68. The van der Waals surface area contributed by atoms with Crippen LogP contribution in [0.2, 0.25) is 5.02 Å². The van der Waals surface area contributed by atoms with Crippen LogP contribution in [0.25, 0.3) is 0 Å². The number of rotatable bonds is 4. The number of carbonyl (C=O) groups is 2. The number of carbonyl (C=O) groups excluding carboxylic acids is 1. The molecule has 21 heavy (non-hydrogen) atoms. The molecule has 1 aromatic carbocycles. The molecule has 0 bridgehead atoms. The van der Waals surface area contributed by atoms with E-state index in [1.165, 1.54) is 18.2 Å². The van der Waals surface area contributed by atoms with Gasteiger partial charge in [-0.15, -0.1) is 0 Å². The van der Waals surface area contributed by atoms with Gasteiger partial charge in [0.1, 0.15) is 5.69 Å². The number of nitrogens with one attached hydrogen (secondary N) is 1. The molecule has 1 heterocycles. The van der Waals surface area contributed by atoms with Gasteiger partial charge in [0.05, 0.1) is 16.3 Å². The molecule has 0 saturated carbocycles. The van der Waals surface area contributed by atoms with Crippen LogP contribution in [0.1, 0.15) is 27.8 Å². The van der Waals surface area contributed by atoms with Crippen molar-refractivity contribution in [2.24, 2.45) is 0 Å². The van der Waals surface area contributed by atoms with E-state index in [-0.39, 0.29) is 11.5 Å². The Labute approximate surface area is 134 Å². The molecule has 0 fully saturated rings. The second-order valence-electron chi connectivity index (χ2n) is 4.28. The molecule has 0 unspecified atom stereocenters. The molecule has 0 saturated heterocycles. The van der Waals surface area contributed by atoms with Crippen LogP contribution in [0.15, 0.2) is 34.9 Å². The van der Waals surface area contributed by atoms with E-state index in [0.717, 1.165) is 0 Å². The minimum atomic E-state index is -1.03. The van der Waals surface area contributed by atoms with E-state index in [0.29, 0.717) is 27.4 Å². The number of aromatic carboxylic acids is 1. The maximum Gasteiger partial charge on any atom is 0.335 e. The number of benzene rings is 1. The van der Waals surface area contributed by atoms with E-state index < -0.39 is 5.97 Å². The number of carboxylic acid groups (broad SMARTS) is 1. The van der Waals surface area contributed by atoms with Crippen LogP contribution < -0.4 is 5.32 Å². The van der Waals surface area contributed by atoms with Gasteiger partial charge in [0.15, 0.2) is 0 Å². The van der Waals surface area contributed by atoms with Gasteiger partial charge in [0.25, 0.3) is 5.91 Å². The molecule has 0 aliphatic heterocycles. The highest BCUT2D eigenvalue weighted by atomic mass is 79.9. The van der Waals surface area contributed by atoms with Gasteiger partial charge in [-0.3, -0.25) is 4.79 Å². The Morgan fingerprint density at radius 2 is 2.10 bits per heavy atom. The van der Waals surface area contributed by atoms with Crippen LogP contribution in [-0.4, -0.2) is 21.6 Å². The minimum absolute atomic E-state index is 0.139. The molecule has 0 aliphatic carbocycles. The molecule has 2 N–H and O–H groups in total. The highest BCUT2D eigenvalue weighted by Crippen LogP contribution is 2.25. The van der Waals surface area contributed by atoms with Gasteiger partial charge in [-0.05, 0) is 47.1 Å². The molecule has 2 aromatic rings. The summed E-state index contributed by atoms with van der Waals surface area (Å²) in [7, 11) is 0. The number of halogens is 2. The van der Waals surface area contributed by atoms with E-state index in [1.54, 1.807) is 16.8 Å². The summed E-state index contributed by atoms with van der Waals surface area (Å²) >= 11 is 9.15. The van der Waals surface area contributed by atoms with Crippen LogP contribution in [-0.2, 0) is 6.54 Å². The molecule has 0 radical (unpaired) electrons. The summed E-state index contributed by atoms with van der Waals surface area (Å²) in [4.78, 5) is 23.1. The number of aromatic nitrogens is 1. The summed E-state index contributed by atoms with van der Waals surface area (Å²) in [5.41, 5.74) is 1.07. The lowest BCUT2D eigenvalue weighted by Gasteiger charge is -2.09. The first-order valence-corrected chi connectivity index (χ1v) is 7.29. The van der Waals surface area contributed by atoms with Crippen LogP contribution >= 0.6 is 27.5 Å². The van der Waals surface area contributed by atoms with Crippen molar-refractivity contribution < 1.29 is 14.7 Å². The van der Waals surface area contributed by atoms with Crippen molar-refractivity contribution in [2.45, 2.75) is 13.5 Å². The molecule has 7 heteroatoms. The van der Waals surface area contributed by atoms with Gasteiger partial charge < -0.3 is 15.0 Å². The Morgan fingerprint density at radius 3 is 2.67 bits per heavy atom. The predicted octanol–water partition coefficient (Wildman–Crippen LogP) is 3.87. The highest BCUT2D eigenvalue weighted by Gasteiger charge is 2.14. The SMILES string of the molecule is CCn1cc(Cl)cc1C(=O)Nc1ccc(C(=O)O)cc1Br. The zero-order valence-corrected chi connectivity index (χ0v) is 13.4. The quantitative estimate of drug-likeness (QED) is 0.857. The van der Waals surface area contributed by atoms with Gasteiger partial charge in [-0.25, -0.2) is 4.79 Å². The van der Waals surface area contributed by atoms with Crippen molar-refractivity contribution in [3.63, 3.8) is 0 Å². The van der Waals surface area contributed by atoms with E-state index in [4.69, 9.17) is 16.7 Å². The third kappa shape index (κ3) is 3.46. The van der Waals surface area contributed by atoms with Gasteiger partial charge in [-0.1, -0.05) is 11.6 Å². The number of hydrogen-bond acceptors (Lipinski definition) is 2. The summed E-state index contributed by atoms with van der Waals surface area (Å²) < 4.78 is 2.23. The lowest BCUT2D eigenvalue weighted by molar-refractivity contribution is 0.0696. The third-order valence-electron chi connectivity index (χ3n) is 2.90. The molecule has 0 aliphatic rings. The van der Waals surface area contributed by atoms with E-state index in [2.05, 4.69) is 21.2 Å². The van der Waals surface area contributed by atoms with Crippen molar-refractivity contribution in [3.05, 3.63) is 51.2 Å². The van der Waals surface area contributed by atoms with Gasteiger partial charge in [0.2, 0.25) is 0 Å². The summed E-state index contributed by atoms with van der Waals surface area (Å²) in [5, 5.41) is 12.1. The third-order valence-corrected chi connectivity index (χ3v) is 3.76. The van der Waals surface area contributed by atoms with Crippen molar-refractivity contribution >= 4 is 45.1 Å². The Balaban J connectivity index is 2.25. The number of amides is 1. The lowest BCUT2D eigenvalue weighted by atomic mass is 10.2. The molecular formula is C14H12BrClN2O3. The summed E-state index contributed by atoms with van der Waals surface area (Å²) in [6.45, 7) is 2.53. The van der Waals surface area contributed by atoms with Crippen molar-refractivity contribution in [1.82, 2.24) is 4.57 Å². The van der Waals surface area contributed by atoms with Crippen molar-refractivity contribution in [1.29, 1.82) is 0 Å². The molecular weight excluding hydrogens is 360 g/mol. The predicted molar refractivity (Wildman–Crippen MR) is 84.2 cm³/mol. The normalized spacial score (nSPS) is 10.4. The molecule has 2 rings (SSSR count). The molecule has 5 nitrogen and oxygen atoms in total. The minimum Gasteiger partial charge on any atom is -0.478 e. The highest BCUT2D eigenvalue weighted by molar-refractivity contribution is 9.10. The number of anilines is 1. The van der Waals surface area contributed by atoms with Crippen LogP contribution in [0.5, 0.6) is 0 Å². The Kier molecular flexibility index (Phi) is 4.69. The second-order valence-corrected chi connectivity index (χ2v) is 5.57. The maximum atomic E-state index is 12.3. The van der Waals surface area contributed by atoms with E-state index >= 15 is 0 Å². The van der Waals surface area contributed by atoms with Crippen LogP contribution in [0, 0.1) is 0 Å². The molecule has 1 amide bonds. The summed E-state index contributed by atoms with van der Waals surface area (Å²) in [5.74, 6) is -1.34. The molecule has 1 aromatic heterocycles. The Hall–Kier alpha value is -1.79. The average molecular weight is 372 g/mol. The fourth-order valence-electron chi connectivity index (χ4n) is 1.86. The topological polar surface area (TPSA) is 71.3 Å². The first-order valence-electron chi connectivity index (χ1n) is 6.12. The first kappa shape index (κ1) is 15.6. The second kappa shape index (κ2) is 6.32. The molecule has 110 valence electrons. The monoisotopic (exact) mass is 370 g/mol. The number of nitrogens with zero attached hydrogens (tertiary/aromatic N) is 1. The molecule has 0 spiro atoms. The fourth-order valence-corrected chi connectivity index (χ4v) is 2.56. The fraction of sp³-hybridized carbons (Fsp3) is 0.143. The van der Waals surface area contributed by atoms with Crippen LogP contribution in [0.3, 0.4) is 0 Å². The Bertz CT molecular complexity index is 712. The lowest BCUT2D eigenvalue weighted by Crippen LogP contribution is -2.16. The Morgan fingerprint density at radius 1 is 1.38 bits per heavy atom. The standard InChI is InChI=1S/C14H12BrClN2O3/c1-2-18-7-9(16)6-12(18)13(19)17-11-4-3-8(14(20)21)5-10(11)15/h3-7H,2H2,1H3,(H,17,19)(H,20,21). The average Bonchev–Trinajstić information content (AvgIpc) is 2.82. The van der Waals surface area contributed by atoms with Gasteiger partial charge in [0, 0.05) is 17.2 Å². The van der Waals surface area contributed by atoms with Gasteiger partial charge >= 0.3 is 5.97 Å². The number of aryl methyl sites for hydroxylation is 1. The van der Waals surface area contributed by atoms with E-state index in [1.807, 2.05) is 6.92 Å². The maximum absolute atomic E-state index is 12.3. The van der Waals surface area contributed by atoms with Crippen LogP contribution in [0.4, 0.5) is 5.69 Å². The zero-order chi connectivity index (χ0) is 15.6. The zero-order valence-electron chi connectivity index (χ0n) is 11.1.